The van der Waals surface area contributed by atoms with Crippen LogP contribution in [-0.4, -0.2) is 19.7 Å². The molecule has 6 heteroatoms. The highest BCUT2D eigenvalue weighted by Gasteiger charge is 2.06. The van der Waals surface area contributed by atoms with Gasteiger partial charge in [-0.25, -0.2) is 4.98 Å². The molecule has 4 rings (SSSR count). The van der Waals surface area contributed by atoms with Crippen LogP contribution >= 0.6 is 0 Å². The Morgan fingerprint density at radius 2 is 2.14 bits per heavy atom. The van der Waals surface area contributed by atoms with Crippen LogP contribution < -0.4 is 10.9 Å². The lowest BCUT2D eigenvalue weighted by atomic mass is 10.2. The van der Waals surface area contributed by atoms with Gasteiger partial charge in [-0.15, -0.1) is 0 Å². The first-order valence-electron chi connectivity index (χ1n) is 6.87. The topological polar surface area (TPSA) is 75.6 Å². The number of nitrogens with one attached hydrogen (secondary N) is 2. The third-order valence-corrected chi connectivity index (χ3v) is 3.64. The van der Waals surface area contributed by atoms with Gasteiger partial charge in [0.25, 0.3) is 5.56 Å². The zero-order chi connectivity index (χ0) is 15.1. The van der Waals surface area contributed by atoms with E-state index in [1.807, 2.05) is 48.3 Å². The number of anilines is 2. The highest BCUT2D eigenvalue weighted by atomic mass is 16.1. The van der Waals surface area contributed by atoms with E-state index in [1.165, 1.54) is 6.07 Å². The van der Waals surface area contributed by atoms with Crippen LogP contribution in [-0.2, 0) is 7.05 Å². The Bertz CT molecular complexity index is 1050. The maximum Gasteiger partial charge on any atom is 0.251 e. The van der Waals surface area contributed by atoms with Gasteiger partial charge in [0, 0.05) is 35.8 Å². The number of H-pyrrole nitrogens is 1. The lowest BCUT2D eigenvalue weighted by Gasteiger charge is -2.09. The lowest BCUT2D eigenvalue weighted by molar-refractivity contribution is 0.797. The molecule has 22 heavy (non-hydrogen) atoms. The van der Waals surface area contributed by atoms with Crippen molar-refractivity contribution >= 4 is 33.3 Å². The Morgan fingerprint density at radius 1 is 1.23 bits per heavy atom. The minimum atomic E-state index is -0.185. The third-order valence-electron chi connectivity index (χ3n) is 3.64. The van der Waals surface area contributed by atoms with Crippen molar-refractivity contribution in [3.05, 3.63) is 59.1 Å². The molecule has 0 aliphatic carbocycles. The molecule has 0 amide bonds. The lowest BCUT2D eigenvalue weighted by Crippen LogP contribution is -2.07. The Hall–Kier alpha value is -3.15. The van der Waals surface area contributed by atoms with Gasteiger partial charge in [-0.05, 0) is 30.3 Å². The molecule has 0 unspecified atom stereocenters. The summed E-state index contributed by atoms with van der Waals surface area (Å²) < 4.78 is 1.82. The molecule has 0 radical (unpaired) electrons. The van der Waals surface area contributed by atoms with Gasteiger partial charge in [0.05, 0.1) is 17.4 Å². The van der Waals surface area contributed by atoms with Crippen LogP contribution in [0.25, 0.3) is 21.9 Å². The number of nitrogens with zero attached hydrogens (tertiary/aromatic N) is 3. The second-order valence-electron chi connectivity index (χ2n) is 5.11. The number of hydrogen-bond donors (Lipinski definition) is 2. The molecule has 3 heterocycles. The van der Waals surface area contributed by atoms with Gasteiger partial charge < -0.3 is 10.3 Å². The maximum absolute atomic E-state index is 11.8. The van der Waals surface area contributed by atoms with E-state index in [9.17, 15) is 4.79 Å². The molecule has 1 aromatic carbocycles. The van der Waals surface area contributed by atoms with Gasteiger partial charge in [0.1, 0.15) is 5.65 Å². The Balaban J connectivity index is 1.85. The molecular formula is C16H13N5O. The molecule has 0 saturated heterocycles. The summed E-state index contributed by atoms with van der Waals surface area (Å²) in [5, 5.41) is 9.47. The molecule has 0 aliphatic rings. The van der Waals surface area contributed by atoms with Gasteiger partial charge in [-0.1, -0.05) is 0 Å². The van der Waals surface area contributed by atoms with Crippen LogP contribution in [0.5, 0.6) is 0 Å². The fourth-order valence-corrected chi connectivity index (χ4v) is 2.56. The molecule has 0 fully saturated rings. The number of hydrogen-bond acceptors (Lipinski definition) is 4. The second kappa shape index (κ2) is 4.70. The van der Waals surface area contributed by atoms with Gasteiger partial charge in [-0.2, -0.15) is 5.10 Å². The molecule has 3 aromatic heterocycles. The first kappa shape index (κ1) is 12.6. The van der Waals surface area contributed by atoms with Crippen molar-refractivity contribution in [2.24, 2.45) is 7.05 Å². The molecule has 0 saturated carbocycles. The van der Waals surface area contributed by atoms with Crippen LogP contribution in [0.2, 0.25) is 0 Å². The Morgan fingerprint density at radius 3 is 3.05 bits per heavy atom. The third kappa shape index (κ3) is 2.01. The number of benzene rings is 1. The van der Waals surface area contributed by atoms with Crippen LogP contribution in [0.3, 0.4) is 0 Å². The molecule has 6 nitrogen and oxygen atoms in total. The monoisotopic (exact) mass is 291 g/mol. The first-order chi connectivity index (χ1) is 10.7. The summed E-state index contributed by atoms with van der Waals surface area (Å²) in [4.78, 5) is 18.7. The van der Waals surface area contributed by atoms with Crippen molar-refractivity contribution < 1.29 is 0 Å². The van der Waals surface area contributed by atoms with E-state index in [4.69, 9.17) is 0 Å². The molecule has 0 bridgehead atoms. The molecule has 2 N–H and O–H groups in total. The van der Waals surface area contributed by atoms with E-state index in [2.05, 4.69) is 20.4 Å². The largest absolute Gasteiger partial charge is 0.355 e. The number of fused-ring (bicyclic) bond motifs is 2. The highest BCUT2D eigenvalue weighted by molar-refractivity contribution is 5.91. The predicted octanol–water partition coefficient (Wildman–Crippen LogP) is 2.55. The van der Waals surface area contributed by atoms with E-state index in [0.29, 0.717) is 5.65 Å². The summed E-state index contributed by atoms with van der Waals surface area (Å²) >= 11 is 0. The molecule has 0 atom stereocenters. The van der Waals surface area contributed by atoms with Crippen LogP contribution in [0.4, 0.5) is 11.4 Å². The summed E-state index contributed by atoms with van der Waals surface area (Å²) in [6.07, 6.45) is 3.48. The number of aryl methyl sites for hydroxylation is 1. The SMILES string of the molecule is Cn1ncc2ccc(Nc3cc(=O)[nH]c4ncccc34)cc21. The van der Waals surface area contributed by atoms with Crippen molar-refractivity contribution in [2.45, 2.75) is 0 Å². The minimum Gasteiger partial charge on any atom is -0.355 e. The quantitative estimate of drug-likeness (QED) is 0.595. The Kier molecular flexibility index (Phi) is 2.69. The average molecular weight is 291 g/mol. The van der Waals surface area contributed by atoms with E-state index in [1.54, 1.807) is 6.20 Å². The van der Waals surface area contributed by atoms with E-state index in [-0.39, 0.29) is 5.56 Å². The minimum absolute atomic E-state index is 0.185. The summed E-state index contributed by atoms with van der Waals surface area (Å²) in [6, 6.07) is 11.3. The number of aromatic amines is 1. The van der Waals surface area contributed by atoms with Gasteiger partial charge in [-0.3, -0.25) is 9.48 Å². The molecule has 108 valence electrons. The van der Waals surface area contributed by atoms with E-state index in [0.717, 1.165) is 27.7 Å². The van der Waals surface area contributed by atoms with Crippen LogP contribution in [0, 0.1) is 0 Å². The molecule has 0 aliphatic heterocycles. The van der Waals surface area contributed by atoms with Crippen molar-refractivity contribution in [3.63, 3.8) is 0 Å². The number of pyridine rings is 2. The van der Waals surface area contributed by atoms with Crippen molar-refractivity contribution in [3.8, 4) is 0 Å². The van der Waals surface area contributed by atoms with Crippen molar-refractivity contribution in [2.75, 3.05) is 5.32 Å². The first-order valence-corrected chi connectivity index (χ1v) is 6.87. The highest BCUT2D eigenvalue weighted by Crippen LogP contribution is 2.25. The standard InChI is InChI=1S/C16H13N5O/c1-21-14-7-11(5-4-10(14)9-18-21)19-13-8-15(22)20-16-12(13)3-2-6-17-16/h2-9H,1H3,(H2,17,19,20,22). The zero-order valence-electron chi connectivity index (χ0n) is 11.9. The predicted molar refractivity (Wildman–Crippen MR) is 86.4 cm³/mol. The summed E-state index contributed by atoms with van der Waals surface area (Å²) in [7, 11) is 1.90. The second-order valence-corrected chi connectivity index (χ2v) is 5.11. The van der Waals surface area contributed by atoms with E-state index < -0.39 is 0 Å². The molecular weight excluding hydrogens is 278 g/mol. The van der Waals surface area contributed by atoms with Crippen LogP contribution in [0.1, 0.15) is 0 Å². The van der Waals surface area contributed by atoms with E-state index >= 15 is 0 Å². The summed E-state index contributed by atoms with van der Waals surface area (Å²) in [6.45, 7) is 0. The van der Waals surface area contributed by atoms with Gasteiger partial charge in [0.2, 0.25) is 0 Å². The smallest absolute Gasteiger partial charge is 0.251 e. The maximum atomic E-state index is 11.8. The normalized spacial score (nSPS) is 11.1. The average Bonchev–Trinajstić information content (AvgIpc) is 2.88. The van der Waals surface area contributed by atoms with Gasteiger partial charge >= 0.3 is 0 Å². The number of aromatic nitrogens is 4. The zero-order valence-corrected chi connectivity index (χ0v) is 11.9. The summed E-state index contributed by atoms with van der Waals surface area (Å²) in [5.74, 6) is 0. The van der Waals surface area contributed by atoms with Crippen molar-refractivity contribution in [1.82, 2.24) is 19.7 Å². The summed E-state index contributed by atoms with van der Waals surface area (Å²) in [5.41, 5.74) is 3.03. The fraction of sp³-hybridized carbons (Fsp3) is 0.0625. The number of rotatable bonds is 2. The van der Waals surface area contributed by atoms with Gasteiger partial charge in [0.15, 0.2) is 0 Å². The fourth-order valence-electron chi connectivity index (χ4n) is 2.56. The Labute approximate surface area is 125 Å². The molecule has 4 aromatic rings. The molecule has 0 spiro atoms. The van der Waals surface area contributed by atoms with Crippen LogP contribution in [0.15, 0.2) is 53.6 Å². The van der Waals surface area contributed by atoms with Crippen molar-refractivity contribution in [1.29, 1.82) is 0 Å².